The molecule has 0 aliphatic carbocycles. The van der Waals surface area contributed by atoms with Crippen LogP contribution in [0.3, 0.4) is 0 Å². The fourth-order valence-electron chi connectivity index (χ4n) is 2.69. The molecular formula is C16H24N2O2. The van der Waals surface area contributed by atoms with Gasteiger partial charge in [-0.05, 0) is 32.4 Å². The van der Waals surface area contributed by atoms with Crippen molar-refractivity contribution in [2.24, 2.45) is 0 Å². The lowest BCUT2D eigenvalue weighted by atomic mass is 10.0. The van der Waals surface area contributed by atoms with Gasteiger partial charge < -0.3 is 15.0 Å². The van der Waals surface area contributed by atoms with Crippen LogP contribution in [0.5, 0.6) is 5.75 Å². The maximum Gasteiger partial charge on any atom is 0.239 e. The number of benzene rings is 1. The summed E-state index contributed by atoms with van der Waals surface area (Å²) < 4.78 is 5.37. The number of likely N-dealkylation sites (N-methyl/N-ethyl adjacent to an activating group) is 1. The molecule has 1 atom stereocenters. The van der Waals surface area contributed by atoms with Gasteiger partial charge in [0.05, 0.1) is 13.2 Å². The highest BCUT2D eigenvalue weighted by Crippen LogP contribution is 2.21. The highest BCUT2D eigenvalue weighted by Gasteiger charge is 2.24. The number of nitrogens with one attached hydrogen (secondary N) is 1. The number of amides is 1. The number of carbonyl (C=O) groups excluding carboxylic acids is 1. The Kier molecular flexibility index (Phi) is 5.01. The summed E-state index contributed by atoms with van der Waals surface area (Å²) in [7, 11) is 3.53. The van der Waals surface area contributed by atoms with Gasteiger partial charge >= 0.3 is 0 Å². The van der Waals surface area contributed by atoms with Crippen LogP contribution in [0.25, 0.3) is 0 Å². The van der Waals surface area contributed by atoms with Crippen molar-refractivity contribution in [2.45, 2.75) is 38.8 Å². The van der Waals surface area contributed by atoms with Gasteiger partial charge in [-0.3, -0.25) is 4.79 Å². The molecule has 110 valence electrons. The van der Waals surface area contributed by atoms with Crippen LogP contribution in [-0.2, 0) is 11.3 Å². The number of methoxy groups -OCH3 is 1. The first kappa shape index (κ1) is 14.9. The van der Waals surface area contributed by atoms with Crippen LogP contribution in [0.1, 0.15) is 30.4 Å². The van der Waals surface area contributed by atoms with E-state index in [1.54, 1.807) is 12.0 Å². The number of hydrogen-bond donors (Lipinski definition) is 1. The summed E-state index contributed by atoms with van der Waals surface area (Å²) in [6.07, 6.45) is 3.23. The molecule has 1 N–H and O–H groups in total. The molecule has 1 aromatic carbocycles. The van der Waals surface area contributed by atoms with Gasteiger partial charge in [-0.25, -0.2) is 0 Å². The topological polar surface area (TPSA) is 41.6 Å². The standard InChI is InChI=1S/C16H24N2O2/c1-12-7-8-15(20-3)13(10-12)11-18(2)16(19)14-6-4-5-9-17-14/h7-8,10,14,17H,4-6,9,11H2,1-3H3. The summed E-state index contributed by atoms with van der Waals surface area (Å²) in [5.41, 5.74) is 2.23. The van der Waals surface area contributed by atoms with Gasteiger partial charge in [0.1, 0.15) is 5.75 Å². The molecule has 1 aliphatic heterocycles. The predicted molar refractivity (Wildman–Crippen MR) is 79.8 cm³/mol. The van der Waals surface area contributed by atoms with E-state index < -0.39 is 0 Å². The maximum absolute atomic E-state index is 12.4. The van der Waals surface area contributed by atoms with Crippen molar-refractivity contribution in [1.82, 2.24) is 10.2 Å². The van der Waals surface area contributed by atoms with E-state index in [0.29, 0.717) is 6.54 Å². The second kappa shape index (κ2) is 6.75. The largest absolute Gasteiger partial charge is 0.496 e. The minimum Gasteiger partial charge on any atom is -0.496 e. The molecule has 0 aromatic heterocycles. The molecule has 1 aromatic rings. The van der Waals surface area contributed by atoms with Gasteiger partial charge in [0.2, 0.25) is 5.91 Å². The Morgan fingerprint density at radius 1 is 1.45 bits per heavy atom. The Balaban J connectivity index is 2.04. The molecule has 0 saturated carbocycles. The lowest BCUT2D eigenvalue weighted by Gasteiger charge is -2.28. The van der Waals surface area contributed by atoms with Gasteiger partial charge in [0, 0.05) is 19.2 Å². The van der Waals surface area contributed by atoms with E-state index in [4.69, 9.17) is 4.74 Å². The van der Waals surface area contributed by atoms with Gasteiger partial charge in [0.25, 0.3) is 0 Å². The van der Waals surface area contributed by atoms with Crippen molar-refractivity contribution in [1.29, 1.82) is 0 Å². The fourth-order valence-corrected chi connectivity index (χ4v) is 2.69. The average Bonchev–Trinajstić information content (AvgIpc) is 2.47. The van der Waals surface area contributed by atoms with Crippen molar-refractivity contribution in [3.05, 3.63) is 29.3 Å². The highest BCUT2D eigenvalue weighted by molar-refractivity contribution is 5.81. The minimum atomic E-state index is -0.0236. The SMILES string of the molecule is COc1ccc(C)cc1CN(C)C(=O)C1CCCCN1. The number of carbonyl (C=O) groups is 1. The van der Waals surface area contributed by atoms with E-state index in [1.165, 1.54) is 12.0 Å². The first-order chi connectivity index (χ1) is 9.61. The second-order valence-electron chi connectivity index (χ2n) is 5.51. The third-order valence-electron chi connectivity index (χ3n) is 3.83. The number of nitrogens with zero attached hydrogens (tertiary/aromatic N) is 1. The third kappa shape index (κ3) is 3.51. The molecule has 1 heterocycles. The Hall–Kier alpha value is -1.55. The summed E-state index contributed by atoms with van der Waals surface area (Å²) >= 11 is 0. The van der Waals surface area contributed by atoms with Crippen LogP contribution >= 0.6 is 0 Å². The quantitative estimate of drug-likeness (QED) is 0.915. The molecular weight excluding hydrogens is 252 g/mol. The maximum atomic E-state index is 12.4. The molecule has 1 saturated heterocycles. The molecule has 4 heteroatoms. The van der Waals surface area contributed by atoms with Gasteiger partial charge in [-0.15, -0.1) is 0 Å². The van der Waals surface area contributed by atoms with E-state index in [1.807, 2.05) is 26.1 Å². The summed E-state index contributed by atoms with van der Waals surface area (Å²) in [6, 6.07) is 6.04. The van der Waals surface area contributed by atoms with Crippen LogP contribution in [-0.4, -0.2) is 37.6 Å². The molecule has 1 unspecified atom stereocenters. The Morgan fingerprint density at radius 2 is 2.25 bits per heavy atom. The Labute approximate surface area is 121 Å². The van der Waals surface area contributed by atoms with E-state index >= 15 is 0 Å². The summed E-state index contributed by atoms with van der Waals surface area (Å²) in [6.45, 7) is 3.58. The van der Waals surface area contributed by atoms with E-state index in [0.717, 1.165) is 30.7 Å². The van der Waals surface area contributed by atoms with Crippen LogP contribution in [0.2, 0.25) is 0 Å². The molecule has 1 fully saturated rings. The van der Waals surface area contributed by atoms with Crippen LogP contribution in [0.4, 0.5) is 0 Å². The Bertz CT molecular complexity index is 468. The van der Waals surface area contributed by atoms with Crippen molar-refractivity contribution >= 4 is 5.91 Å². The molecule has 2 rings (SSSR count). The van der Waals surface area contributed by atoms with Crippen molar-refractivity contribution in [3.8, 4) is 5.75 Å². The normalized spacial score (nSPS) is 18.6. The first-order valence-corrected chi connectivity index (χ1v) is 7.23. The van der Waals surface area contributed by atoms with Crippen molar-refractivity contribution in [2.75, 3.05) is 20.7 Å². The zero-order chi connectivity index (χ0) is 14.5. The van der Waals surface area contributed by atoms with Crippen molar-refractivity contribution < 1.29 is 9.53 Å². The lowest BCUT2D eigenvalue weighted by Crippen LogP contribution is -2.47. The summed E-state index contributed by atoms with van der Waals surface area (Å²) in [5, 5.41) is 3.30. The Morgan fingerprint density at radius 3 is 2.90 bits per heavy atom. The summed E-state index contributed by atoms with van der Waals surface area (Å²) in [5.74, 6) is 1.01. The van der Waals surface area contributed by atoms with Crippen LogP contribution < -0.4 is 10.1 Å². The first-order valence-electron chi connectivity index (χ1n) is 7.23. The average molecular weight is 276 g/mol. The number of hydrogen-bond acceptors (Lipinski definition) is 3. The smallest absolute Gasteiger partial charge is 0.239 e. The number of piperidine rings is 1. The number of rotatable bonds is 4. The molecule has 1 aliphatic rings. The molecule has 0 bridgehead atoms. The van der Waals surface area contributed by atoms with Crippen LogP contribution in [0, 0.1) is 6.92 Å². The molecule has 0 spiro atoms. The molecule has 4 nitrogen and oxygen atoms in total. The van der Waals surface area contributed by atoms with E-state index in [-0.39, 0.29) is 11.9 Å². The zero-order valence-corrected chi connectivity index (χ0v) is 12.6. The van der Waals surface area contributed by atoms with Gasteiger partial charge in [-0.2, -0.15) is 0 Å². The minimum absolute atomic E-state index is 0.0236. The van der Waals surface area contributed by atoms with Gasteiger partial charge in [0.15, 0.2) is 0 Å². The lowest BCUT2D eigenvalue weighted by molar-refractivity contribution is -0.133. The highest BCUT2D eigenvalue weighted by atomic mass is 16.5. The zero-order valence-electron chi connectivity index (χ0n) is 12.6. The molecule has 20 heavy (non-hydrogen) atoms. The molecule has 1 amide bonds. The fraction of sp³-hybridized carbons (Fsp3) is 0.562. The molecule has 0 radical (unpaired) electrons. The number of ether oxygens (including phenoxy) is 1. The summed E-state index contributed by atoms with van der Waals surface area (Å²) in [4.78, 5) is 14.2. The second-order valence-corrected chi connectivity index (χ2v) is 5.51. The monoisotopic (exact) mass is 276 g/mol. The van der Waals surface area contributed by atoms with E-state index in [9.17, 15) is 4.79 Å². The van der Waals surface area contributed by atoms with Gasteiger partial charge in [-0.1, -0.05) is 24.1 Å². The van der Waals surface area contributed by atoms with Crippen LogP contribution in [0.15, 0.2) is 18.2 Å². The predicted octanol–water partition coefficient (Wildman–Crippen LogP) is 2.10. The number of aryl methyl sites for hydroxylation is 1. The third-order valence-corrected chi connectivity index (χ3v) is 3.83. The van der Waals surface area contributed by atoms with Crippen molar-refractivity contribution in [3.63, 3.8) is 0 Å². The van der Waals surface area contributed by atoms with E-state index in [2.05, 4.69) is 11.4 Å².